The van der Waals surface area contributed by atoms with Crippen LogP contribution in [0.4, 0.5) is 0 Å². The summed E-state index contributed by atoms with van der Waals surface area (Å²) in [7, 11) is 0. The van der Waals surface area contributed by atoms with E-state index in [0.29, 0.717) is 5.88 Å². The minimum atomic E-state index is 0.0639. The van der Waals surface area contributed by atoms with Crippen LogP contribution in [0.25, 0.3) is 4.96 Å². The van der Waals surface area contributed by atoms with Crippen LogP contribution >= 0.6 is 11.3 Å². The van der Waals surface area contributed by atoms with Gasteiger partial charge in [-0.15, -0.1) is 11.3 Å². The molecule has 0 saturated heterocycles. The number of ether oxygens (including phenoxy) is 1. The lowest BCUT2D eigenvalue weighted by molar-refractivity contribution is 0.453. The molecule has 0 fully saturated rings. The zero-order chi connectivity index (χ0) is 14.1. The molecule has 2 heterocycles. The van der Waals surface area contributed by atoms with E-state index in [-0.39, 0.29) is 6.04 Å². The third kappa shape index (κ3) is 2.42. The Morgan fingerprint density at radius 2 is 2.20 bits per heavy atom. The molecule has 104 valence electrons. The molecule has 2 aromatic heterocycles. The highest BCUT2D eigenvalue weighted by molar-refractivity contribution is 7.15. The third-order valence-corrected chi connectivity index (χ3v) is 3.90. The van der Waals surface area contributed by atoms with E-state index in [0.717, 1.165) is 28.4 Å². The molecule has 3 aromatic rings. The van der Waals surface area contributed by atoms with Crippen molar-refractivity contribution in [3.63, 3.8) is 0 Å². The van der Waals surface area contributed by atoms with Crippen LogP contribution in [-0.4, -0.2) is 15.4 Å². The highest BCUT2D eigenvalue weighted by atomic mass is 32.1. The van der Waals surface area contributed by atoms with Gasteiger partial charge in [-0.3, -0.25) is 4.40 Å². The number of para-hydroxylation sites is 1. The van der Waals surface area contributed by atoms with Crippen LogP contribution in [-0.2, 0) is 6.42 Å². The maximum atomic E-state index is 6.00. The first-order valence-electron chi connectivity index (χ1n) is 6.58. The first-order chi connectivity index (χ1) is 9.65. The number of fused-ring (bicyclic) bond motifs is 1. The van der Waals surface area contributed by atoms with Crippen molar-refractivity contribution in [1.82, 2.24) is 9.38 Å². The van der Waals surface area contributed by atoms with Crippen LogP contribution in [0.1, 0.15) is 18.2 Å². The molecule has 0 saturated carbocycles. The van der Waals surface area contributed by atoms with Crippen LogP contribution < -0.4 is 10.5 Å². The molecule has 5 heteroatoms. The van der Waals surface area contributed by atoms with Gasteiger partial charge in [-0.2, -0.15) is 4.98 Å². The van der Waals surface area contributed by atoms with Gasteiger partial charge in [0.15, 0.2) is 4.96 Å². The molecule has 0 aliphatic carbocycles. The average Bonchev–Trinajstić information content (AvgIpc) is 2.95. The number of nitrogens with two attached hydrogens (primary N) is 1. The number of thiazole rings is 1. The Labute approximate surface area is 121 Å². The van der Waals surface area contributed by atoms with E-state index >= 15 is 0 Å². The van der Waals surface area contributed by atoms with E-state index in [1.165, 1.54) is 0 Å². The lowest BCUT2D eigenvalue weighted by atomic mass is 10.2. The topological polar surface area (TPSA) is 52.5 Å². The fraction of sp³-hybridized carbons (Fsp3) is 0.267. The van der Waals surface area contributed by atoms with Gasteiger partial charge in [-0.05, 0) is 25.5 Å². The zero-order valence-corrected chi connectivity index (χ0v) is 12.4. The molecule has 0 aliphatic rings. The highest BCUT2D eigenvalue weighted by Gasteiger charge is 2.17. The summed E-state index contributed by atoms with van der Waals surface area (Å²) in [4.78, 5) is 5.50. The number of imidazole rings is 1. The standard InChI is InChI=1S/C15H17N3OS/c1-10-5-3-4-6-13(10)19-14-12(9-11(2)16)18-7-8-20-15(18)17-14/h3-8,11H,9,16H2,1-2H3. The molecule has 20 heavy (non-hydrogen) atoms. The zero-order valence-electron chi connectivity index (χ0n) is 11.5. The van der Waals surface area contributed by atoms with Crippen molar-refractivity contribution in [3.8, 4) is 11.6 Å². The number of hydrogen-bond donors (Lipinski definition) is 1. The molecule has 1 atom stereocenters. The first-order valence-corrected chi connectivity index (χ1v) is 7.46. The summed E-state index contributed by atoms with van der Waals surface area (Å²) in [5.74, 6) is 1.49. The molecule has 1 unspecified atom stereocenters. The molecule has 2 N–H and O–H groups in total. The van der Waals surface area contributed by atoms with E-state index < -0.39 is 0 Å². The largest absolute Gasteiger partial charge is 0.437 e. The summed E-state index contributed by atoms with van der Waals surface area (Å²) in [5.41, 5.74) is 8.06. The molecule has 3 rings (SSSR count). The van der Waals surface area contributed by atoms with Gasteiger partial charge in [0, 0.05) is 24.0 Å². The quantitative estimate of drug-likeness (QED) is 0.800. The van der Waals surface area contributed by atoms with Crippen molar-refractivity contribution >= 4 is 16.3 Å². The van der Waals surface area contributed by atoms with Crippen molar-refractivity contribution in [2.75, 3.05) is 0 Å². The summed E-state index contributed by atoms with van der Waals surface area (Å²) in [5, 5.41) is 2.02. The Morgan fingerprint density at radius 1 is 1.40 bits per heavy atom. The van der Waals surface area contributed by atoms with Gasteiger partial charge in [0.25, 0.3) is 0 Å². The molecule has 0 amide bonds. The summed E-state index contributed by atoms with van der Waals surface area (Å²) in [6, 6.07) is 8.01. The van der Waals surface area contributed by atoms with Gasteiger partial charge in [-0.25, -0.2) is 0 Å². The molecule has 0 bridgehead atoms. The maximum Gasteiger partial charge on any atom is 0.242 e. The number of benzene rings is 1. The van der Waals surface area contributed by atoms with Gasteiger partial charge in [0.1, 0.15) is 5.75 Å². The minimum Gasteiger partial charge on any atom is -0.437 e. The monoisotopic (exact) mass is 287 g/mol. The molecule has 4 nitrogen and oxygen atoms in total. The predicted octanol–water partition coefficient (Wildman–Crippen LogP) is 3.39. The van der Waals surface area contributed by atoms with Crippen molar-refractivity contribution in [1.29, 1.82) is 0 Å². The lowest BCUT2D eigenvalue weighted by Gasteiger charge is -2.09. The fourth-order valence-electron chi connectivity index (χ4n) is 2.16. The smallest absolute Gasteiger partial charge is 0.242 e. The molecule has 0 aliphatic heterocycles. The Morgan fingerprint density at radius 3 is 2.95 bits per heavy atom. The summed E-state index contributed by atoms with van der Waals surface area (Å²) in [6.07, 6.45) is 2.74. The third-order valence-electron chi connectivity index (χ3n) is 3.14. The Balaban J connectivity index is 2.02. The number of hydrogen-bond acceptors (Lipinski definition) is 4. The van der Waals surface area contributed by atoms with Gasteiger partial charge >= 0.3 is 0 Å². The fourth-order valence-corrected chi connectivity index (χ4v) is 2.88. The second-order valence-corrected chi connectivity index (χ2v) is 5.84. The van der Waals surface area contributed by atoms with E-state index in [1.807, 2.05) is 49.7 Å². The highest BCUT2D eigenvalue weighted by Crippen LogP contribution is 2.30. The predicted molar refractivity (Wildman–Crippen MR) is 81.7 cm³/mol. The van der Waals surface area contributed by atoms with Gasteiger partial charge in [0.05, 0.1) is 5.69 Å². The molecular weight excluding hydrogens is 270 g/mol. The Kier molecular flexibility index (Phi) is 3.46. The number of aryl methyl sites for hydroxylation is 1. The lowest BCUT2D eigenvalue weighted by Crippen LogP contribution is -2.19. The second-order valence-electron chi connectivity index (χ2n) is 4.97. The van der Waals surface area contributed by atoms with Crippen LogP contribution in [0, 0.1) is 6.92 Å². The van der Waals surface area contributed by atoms with Crippen LogP contribution in [0.5, 0.6) is 11.6 Å². The average molecular weight is 287 g/mol. The second kappa shape index (κ2) is 5.26. The van der Waals surface area contributed by atoms with E-state index in [1.54, 1.807) is 11.3 Å². The van der Waals surface area contributed by atoms with Crippen molar-refractivity contribution < 1.29 is 4.74 Å². The first kappa shape index (κ1) is 13.1. The molecule has 0 radical (unpaired) electrons. The van der Waals surface area contributed by atoms with E-state index in [2.05, 4.69) is 9.38 Å². The summed E-state index contributed by atoms with van der Waals surface area (Å²) >= 11 is 1.60. The van der Waals surface area contributed by atoms with Crippen LogP contribution in [0.3, 0.4) is 0 Å². The number of nitrogens with zero attached hydrogens (tertiary/aromatic N) is 2. The van der Waals surface area contributed by atoms with Gasteiger partial charge in [-0.1, -0.05) is 18.2 Å². The Bertz CT molecular complexity index is 730. The van der Waals surface area contributed by atoms with Crippen molar-refractivity contribution in [2.24, 2.45) is 5.73 Å². The normalized spacial score (nSPS) is 12.8. The van der Waals surface area contributed by atoms with E-state index in [4.69, 9.17) is 10.5 Å². The van der Waals surface area contributed by atoms with Crippen molar-refractivity contribution in [3.05, 3.63) is 47.1 Å². The minimum absolute atomic E-state index is 0.0639. The molecular formula is C15H17N3OS. The van der Waals surface area contributed by atoms with Crippen LogP contribution in [0.2, 0.25) is 0 Å². The van der Waals surface area contributed by atoms with Crippen molar-refractivity contribution in [2.45, 2.75) is 26.3 Å². The van der Waals surface area contributed by atoms with Gasteiger partial charge < -0.3 is 10.5 Å². The number of rotatable bonds is 4. The summed E-state index contributed by atoms with van der Waals surface area (Å²) < 4.78 is 8.06. The molecule has 1 aromatic carbocycles. The van der Waals surface area contributed by atoms with Crippen LogP contribution in [0.15, 0.2) is 35.8 Å². The van der Waals surface area contributed by atoms with E-state index in [9.17, 15) is 0 Å². The Hall–Kier alpha value is -1.85. The van der Waals surface area contributed by atoms with Gasteiger partial charge in [0.2, 0.25) is 5.88 Å². The summed E-state index contributed by atoms with van der Waals surface area (Å²) in [6.45, 7) is 4.02. The molecule has 0 spiro atoms. The maximum absolute atomic E-state index is 6.00. The number of aromatic nitrogens is 2. The SMILES string of the molecule is Cc1ccccc1Oc1nc2sccn2c1CC(C)N.